The number of carbonyl (C=O) groups excluding carboxylic acids is 1. The van der Waals surface area contributed by atoms with Gasteiger partial charge in [0.05, 0.1) is 30.6 Å². The second kappa shape index (κ2) is 9.09. The molecule has 2 aliphatic rings. The number of aromatic nitrogens is 4. The number of carbonyl (C=O) groups is 1. The van der Waals surface area contributed by atoms with E-state index in [1.54, 1.807) is 24.5 Å². The summed E-state index contributed by atoms with van der Waals surface area (Å²) in [6.07, 6.45) is 6.31. The summed E-state index contributed by atoms with van der Waals surface area (Å²) in [5.74, 6) is 1.28. The molecule has 3 aromatic rings. The molecule has 2 aliphatic heterocycles. The van der Waals surface area contributed by atoms with E-state index in [1.807, 2.05) is 15.5 Å². The maximum absolute atomic E-state index is 12.7. The first-order chi connectivity index (χ1) is 15.6. The van der Waals surface area contributed by atoms with E-state index in [0.717, 1.165) is 43.9 Å². The summed E-state index contributed by atoms with van der Waals surface area (Å²) in [5, 5.41) is 7.53. The van der Waals surface area contributed by atoms with Gasteiger partial charge >= 0.3 is 0 Å². The van der Waals surface area contributed by atoms with Crippen LogP contribution < -0.4 is 20.4 Å². The van der Waals surface area contributed by atoms with Crippen molar-refractivity contribution in [3.63, 3.8) is 0 Å². The van der Waals surface area contributed by atoms with Crippen molar-refractivity contribution in [1.82, 2.24) is 30.0 Å². The number of fused-ring (bicyclic) bond motifs is 1. The summed E-state index contributed by atoms with van der Waals surface area (Å²) in [6, 6.07) is 3.59. The minimum absolute atomic E-state index is 0.00848. The molecule has 0 aliphatic carbocycles. The molecule has 0 atom stereocenters. The Morgan fingerprint density at radius 1 is 1.16 bits per heavy atom. The number of nitrogens with one attached hydrogen (secondary N) is 2. The minimum Gasteiger partial charge on any atom is -0.353 e. The Bertz CT molecular complexity index is 1120. The van der Waals surface area contributed by atoms with Gasteiger partial charge < -0.3 is 24.8 Å². The average Bonchev–Trinajstić information content (AvgIpc) is 2.95. The van der Waals surface area contributed by atoms with Crippen molar-refractivity contribution in [1.29, 1.82) is 0 Å². The lowest BCUT2D eigenvalue weighted by Crippen LogP contribution is -2.54. The van der Waals surface area contributed by atoms with Crippen molar-refractivity contribution >= 4 is 46.5 Å². The number of rotatable bonds is 5. The van der Waals surface area contributed by atoms with Crippen LogP contribution in [0.2, 0.25) is 10.0 Å². The van der Waals surface area contributed by atoms with Crippen LogP contribution in [-0.4, -0.2) is 64.5 Å². The molecule has 0 radical (unpaired) electrons. The largest absolute Gasteiger partial charge is 0.353 e. The monoisotopic (exact) mass is 474 g/mol. The van der Waals surface area contributed by atoms with Gasteiger partial charge in [0.1, 0.15) is 10.7 Å². The SMILES string of the molecule is O=C(NCc1cnc2cc(Cl)ccn12)C1CN(c2nc(N3CCCNCC3)ncc2Cl)C1. The standard InChI is InChI=1S/C21H24Cl2N8O/c22-15-2-6-31-16(9-25-18(31)8-15)10-26-20(32)14-12-30(13-14)19-17(23)11-27-21(28-19)29-5-1-3-24-4-7-29/h2,6,8-9,11,14,24H,1,3-5,7,10,12-13H2,(H,26,32). The second-order valence-corrected chi connectivity index (χ2v) is 8.92. The summed E-state index contributed by atoms with van der Waals surface area (Å²) in [7, 11) is 0. The van der Waals surface area contributed by atoms with Gasteiger partial charge in [0.15, 0.2) is 5.82 Å². The number of hydrogen-bond donors (Lipinski definition) is 2. The molecule has 9 nitrogen and oxygen atoms in total. The number of imidazole rings is 1. The molecule has 0 unspecified atom stereocenters. The lowest BCUT2D eigenvalue weighted by molar-refractivity contribution is -0.125. The molecular weight excluding hydrogens is 451 g/mol. The predicted octanol–water partition coefficient (Wildman–Crippen LogP) is 1.98. The fraction of sp³-hybridized carbons (Fsp3) is 0.429. The zero-order valence-corrected chi connectivity index (χ0v) is 19.0. The van der Waals surface area contributed by atoms with Crippen molar-refractivity contribution in [3.05, 3.63) is 46.5 Å². The third-order valence-electron chi connectivity index (χ3n) is 5.88. The van der Waals surface area contributed by atoms with Gasteiger partial charge in [-0.25, -0.2) is 9.97 Å². The van der Waals surface area contributed by atoms with Gasteiger partial charge in [-0.1, -0.05) is 23.2 Å². The molecule has 0 saturated carbocycles. The first-order valence-electron chi connectivity index (χ1n) is 10.7. The lowest BCUT2D eigenvalue weighted by Gasteiger charge is -2.39. The molecule has 2 saturated heterocycles. The van der Waals surface area contributed by atoms with E-state index in [9.17, 15) is 4.79 Å². The van der Waals surface area contributed by atoms with E-state index in [-0.39, 0.29) is 11.8 Å². The van der Waals surface area contributed by atoms with E-state index < -0.39 is 0 Å². The van der Waals surface area contributed by atoms with E-state index in [4.69, 9.17) is 28.2 Å². The molecular formula is C21H24Cl2N8O. The summed E-state index contributed by atoms with van der Waals surface area (Å²) in [6.45, 7) is 5.24. The van der Waals surface area contributed by atoms with E-state index in [0.29, 0.717) is 41.4 Å². The average molecular weight is 475 g/mol. The lowest BCUT2D eigenvalue weighted by atomic mass is 9.99. The molecule has 2 fully saturated rings. The molecule has 0 bridgehead atoms. The molecule has 5 rings (SSSR count). The smallest absolute Gasteiger partial charge is 0.227 e. The maximum atomic E-state index is 12.7. The topological polar surface area (TPSA) is 90.7 Å². The van der Waals surface area contributed by atoms with Crippen LogP contribution in [0.25, 0.3) is 5.65 Å². The van der Waals surface area contributed by atoms with Crippen LogP contribution in [-0.2, 0) is 11.3 Å². The zero-order valence-electron chi connectivity index (χ0n) is 17.5. The third kappa shape index (κ3) is 4.32. The Hall–Kier alpha value is -2.62. The highest BCUT2D eigenvalue weighted by Gasteiger charge is 2.35. The first kappa shape index (κ1) is 21.2. The van der Waals surface area contributed by atoms with Crippen LogP contribution in [0, 0.1) is 5.92 Å². The number of pyridine rings is 1. The summed E-state index contributed by atoms with van der Waals surface area (Å²) < 4.78 is 1.92. The highest BCUT2D eigenvalue weighted by atomic mass is 35.5. The van der Waals surface area contributed by atoms with Gasteiger partial charge in [0.2, 0.25) is 11.9 Å². The van der Waals surface area contributed by atoms with Crippen LogP contribution in [0.3, 0.4) is 0 Å². The Balaban J connectivity index is 1.19. The Morgan fingerprint density at radius 3 is 2.91 bits per heavy atom. The van der Waals surface area contributed by atoms with Crippen LogP contribution in [0.5, 0.6) is 0 Å². The number of amides is 1. The van der Waals surface area contributed by atoms with Crippen molar-refractivity contribution in [2.45, 2.75) is 13.0 Å². The predicted molar refractivity (Wildman–Crippen MR) is 124 cm³/mol. The number of nitrogens with zero attached hydrogens (tertiary/aromatic N) is 6. The number of anilines is 2. The fourth-order valence-electron chi connectivity index (χ4n) is 4.05. The van der Waals surface area contributed by atoms with Crippen LogP contribution in [0.15, 0.2) is 30.7 Å². The molecule has 32 heavy (non-hydrogen) atoms. The quantitative estimate of drug-likeness (QED) is 0.583. The zero-order chi connectivity index (χ0) is 22.1. The van der Waals surface area contributed by atoms with Gasteiger partial charge in [-0.05, 0) is 25.1 Å². The van der Waals surface area contributed by atoms with Gasteiger partial charge in [-0.3, -0.25) is 4.79 Å². The molecule has 3 aromatic heterocycles. The summed E-state index contributed by atoms with van der Waals surface area (Å²) in [4.78, 5) is 30.3. The molecule has 1 amide bonds. The Labute approximate surface area is 195 Å². The van der Waals surface area contributed by atoms with Crippen LogP contribution >= 0.6 is 23.2 Å². The summed E-state index contributed by atoms with van der Waals surface area (Å²) >= 11 is 12.4. The molecule has 0 aromatic carbocycles. The van der Waals surface area contributed by atoms with Gasteiger partial charge in [0.25, 0.3) is 0 Å². The highest BCUT2D eigenvalue weighted by molar-refractivity contribution is 6.33. The Morgan fingerprint density at radius 2 is 2.03 bits per heavy atom. The summed E-state index contributed by atoms with van der Waals surface area (Å²) in [5.41, 5.74) is 1.66. The van der Waals surface area contributed by atoms with E-state index >= 15 is 0 Å². The third-order valence-corrected chi connectivity index (χ3v) is 6.39. The molecule has 0 spiro atoms. The maximum Gasteiger partial charge on any atom is 0.227 e. The molecule has 11 heteroatoms. The van der Waals surface area contributed by atoms with Crippen molar-refractivity contribution in [2.75, 3.05) is 49.1 Å². The number of hydrogen-bond acceptors (Lipinski definition) is 7. The van der Waals surface area contributed by atoms with E-state index in [2.05, 4.69) is 25.5 Å². The fourth-order valence-corrected chi connectivity index (χ4v) is 4.41. The molecule has 2 N–H and O–H groups in total. The Kier molecular flexibility index (Phi) is 6.03. The van der Waals surface area contributed by atoms with Crippen molar-refractivity contribution in [3.8, 4) is 0 Å². The number of halogens is 2. The molecule has 5 heterocycles. The van der Waals surface area contributed by atoms with Gasteiger partial charge in [-0.2, -0.15) is 4.98 Å². The van der Waals surface area contributed by atoms with Crippen LogP contribution in [0.1, 0.15) is 12.1 Å². The van der Waals surface area contributed by atoms with Gasteiger partial charge in [-0.15, -0.1) is 0 Å². The minimum atomic E-state index is -0.111. The highest BCUT2D eigenvalue weighted by Crippen LogP contribution is 2.30. The second-order valence-electron chi connectivity index (χ2n) is 8.07. The van der Waals surface area contributed by atoms with Crippen molar-refractivity contribution in [2.24, 2.45) is 5.92 Å². The van der Waals surface area contributed by atoms with Crippen molar-refractivity contribution < 1.29 is 4.79 Å². The molecule has 168 valence electrons. The van der Waals surface area contributed by atoms with Crippen LogP contribution in [0.4, 0.5) is 11.8 Å². The normalized spacial score (nSPS) is 17.3. The van der Waals surface area contributed by atoms with Gasteiger partial charge in [0, 0.05) is 43.9 Å². The first-order valence-corrected chi connectivity index (χ1v) is 11.5. The van der Waals surface area contributed by atoms with E-state index in [1.165, 1.54) is 0 Å².